The molecule has 0 aromatic carbocycles. The zero-order valence-electron chi connectivity index (χ0n) is 7.55. The maximum absolute atomic E-state index is 11.1. The fourth-order valence-electron chi connectivity index (χ4n) is 0.781. The van der Waals surface area contributed by atoms with E-state index in [1.807, 2.05) is 20.8 Å². The highest BCUT2D eigenvalue weighted by Crippen LogP contribution is 1.98. The van der Waals surface area contributed by atoms with Crippen LogP contribution in [0.5, 0.6) is 0 Å². The van der Waals surface area contributed by atoms with Gasteiger partial charge >= 0.3 is 0 Å². The lowest BCUT2D eigenvalue weighted by molar-refractivity contribution is -0.122. The predicted octanol–water partition coefficient (Wildman–Crippen LogP) is 0.496. The minimum Gasteiger partial charge on any atom is -0.354 e. The van der Waals surface area contributed by atoms with Gasteiger partial charge in [-0.2, -0.15) is 0 Å². The number of hydrogen-bond acceptors (Lipinski definition) is 2. The molecule has 3 heteroatoms. The van der Waals surface area contributed by atoms with E-state index in [2.05, 4.69) is 5.32 Å². The molecule has 0 saturated heterocycles. The van der Waals surface area contributed by atoms with Crippen LogP contribution in [0.15, 0.2) is 0 Å². The molecular weight excluding hydrogens is 140 g/mol. The van der Waals surface area contributed by atoms with Gasteiger partial charge in [0.05, 0.1) is 0 Å². The number of hydrogen-bond donors (Lipinski definition) is 2. The molecule has 66 valence electrons. The second-order valence-corrected chi connectivity index (χ2v) is 3.27. The molecule has 0 aromatic heterocycles. The van der Waals surface area contributed by atoms with Crippen LogP contribution >= 0.6 is 0 Å². The van der Waals surface area contributed by atoms with Gasteiger partial charge in [-0.05, 0) is 26.3 Å². The molecule has 3 N–H and O–H groups in total. The Morgan fingerprint density at radius 2 is 2.00 bits per heavy atom. The summed E-state index contributed by atoms with van der Waals surface area (Å²) in [6, 6.07) is 0.229. The van der Waals surface area contributed by atoms with Gasteiger partial charge in [-0.1, -0.05) is 6.92 Å². The highest BCUT2D eigenvalue weighted by molar-refractivity contribution is 5.76. The molecule has 0 spiro atoms. The number of rotatable bonds is 4. The second-order valence-electron chi connectivity index (χ2n) is 3.27. The fraction of sp³-hybridized carbons (Fsp3) is 0.875. The van der Waals surface area contributed by atoms with Gasteiger partial charge in [0.15, 0.2) is 0 Å². The highest BCUT2D eigenvalue weighted by Gasteiger charge is 2.07. The van der Waals surface area contributed by atoms with E-state index < -0.39 is 0 Å². The van der Waals surface area contributed by atoms with Gasteiger partial charge in [0.25, 0.3) is 0 Å². The topological polar surface area (TPSA) is 55.1 Å². The third-order valence-electron chi connectivity index (χ3n) is 1.39. The molecule has 0 fully saturated rings. The largest absolute Gasteiger partial charge is 0.354 e. The maximum atomic E-state index is 11.1. The number of nitrogens with one attached hydrogen (secondary N) is 1. The van der Waals surface area contributed by atoms with Crippen molar-refractivity contribution in [3.63, 3.8) is 0 Å². The second kappa shape index (κ2) is 5.13. The maximum Gasteiger partial charge on any atom is 0.220 e. The predicted molar refractivity (Wildman–Crippen MR) is 46.1 cm³/mol. The van der Waals surface area contributed by atoms with Crippen molar-refractivity contribution in [1.29, 1.82) is 0 Å². The van der Waals surface area contributed by atoms with E-state index in [9.17, 15) is 4.79 Å². The SMILES string of the molecule is CC(CN)CC(=O)NC(C)C. The summed E-state index contributed by atoms with van der Waals surface area (Å²) in [6.45, 7) is 6.45. The quantitative estimate of drug-likeness (QED) is 0.626. The van der Waals surface area contributed by atoms with Crippen LogP contribution in [0.25, 0.3) is 0 Å². The van der Waals surface area contributed by atoms with Crippen molar-refractivity contribution in [1.82, 2.24) is 5.32 Å². The Morgan fingerprint density at radius 3 is 2.36 bits per heavy atom. The Bertz CT molecular complexity index is 123. The first-order valence-electron chi connectivity index (χ1n) is 4.05. The molecule has 0 rings (SSSR count). The summed E-state index contributed by atoms with van der Waals surface area (Å²) in [7, 11) is 0. The average Bonchev–Trinajstić information content (AvgIpc) is 1.85. The van der Waals surface area contributed by atoms with Gasteiger partial charge < -0.3 is 11.1 Å². The van der Waals surface area contributed by atoms with E-state index in [4.69, 9.17) is 5.73 Å². The summed E-state index contributed by atoms with van der Waals surface area (Å²) in [4.78, 5) is 11.1. The first-order chi connectivity index (χ1) is 5.06. The van der Waals surface area contributed by atoms with Crippen LogP contribution in [0.4, 0.5) is 0 Å². The number of carbonyl (C=O) groups excluding carboxylic acids is 1. The van der Waals surface area contributed by atoms with Gasteiger partial charge in [0.2, 0.25) is 5.91 Å². The number of carbonyl (C=O) groups is 1. The van der Waals surface area contributed by atoms with Crippen LogP contribution in [0.1, 0.15) is 27.2 Å². The Kier molecular flexibility index (Phi) is 4.86. The third-order valence-corrected chi connectivity index (χ3v) is 1.39. The molecule has 0 saturated carbocycles. The summed E-state index contributed by atoms with van der Waals surface area (Å²) in [5.41, 5.74) is 5.37. The van der Waals surface area contributed by atoms with E-state index in [0.717, 1.165) is 0 Å². The van der Waals surface area contributed by atoms with E-state index in [-0.39, 0.29) is 17.9 Å². The number of nitrogens with two attached hydrogens (primary N) is 1. The lowest BCUT2D eigenvalue weighted by Crippen LogP contribution is -2.32. The Morgan fingerprint density at radius 1 is 1.45 bits per heavy atom. The van der Waals surface area contributed by atoms with Gasteiger partial charge in [-0.25, -0.2) is 0 Å². The van der Waals surface area contributed by atoms with Crippen LogP contribution in [0.2, 0.25) is 0 Å². The molecule has 0 radical (unpaired) electrons. The molecular formula is C8H18N2O. The van der Waals surface area contributed by atoms with Crippen molar-refractivity contribution >= 4 is 5.91 Å². The highest BCUT2D eigenvalue weighted by atomic mass is 16.1. The molecule has 3 nitrogen and oxygen atoms in total. The van der Waals surface area contributed by atoms with E-state index in [1.54, 1.807) is 0 Å². The van der Waals surface area contributed by atoms with Crippen LogP contribution < -0.4 is 11.1 Å². The summed E-state index contributed by atoms with van der Waals surface area (Å²) < 4.78 is 0. The minimum absolute atomic E-state index is 0.0953. The van der Waals surface area contributed by atoms with Crippen molar-refractivity contribution in [3.05, 3.63) is 0 Å². The molecule has 0 aliphatic rings. The van der Waals surface area contributed by atoms with Crippen LogP contribution in [-0.2, 0) is 4.79 Å². The first-order valence-corrected chi connectivity index (χ1v) is 4.05. The van der Waals surface area contributed by atoms with Crippen molar-refractivity contribution < 1.29 is 4.79 Å². The van der Waals surface area contributed by atoms with E-state index in [1.165, 1.54) is 0 Å². The lowest BCUT2D eigenvalue weighted by atomic mass is 10.1. The number of amides is 1. The molecule has 0 aromatic rings. The monoisotopic (exact) mass is 158 g/mol. The summed E-state index contributed by atoms with van der Waals surface area (Å²) in [5, 5.41) is 2.81. The van der Waals surface area contributed by atoms with Gasteiger partial charge in [0, 0.05) is 12.5 Å². The summed E-state index contributed by atoms with van der Waals surface area (Å²) in [6.07, 6.45) is 0.536. The third kappa shape index (κ3) is 5.85. The Hall–Kier alpha value is -0.570. The Balaban J connectivity index is 3.52. The van der Waals surface area contributed by atoms with Crippen molar-refractivity contribution in [2.45, 2.75) is 33.2 Å². The van der Waals surface area contributed by atoms with Crippen LogP contribution in [0.3, 0.4) is 0 Å². The van der Waals surface area contributed by atoms with Gasteiger partial charge in [-0.3, -0.25) is 4.79 Å². The van der Waals surface area contributed by atoms with Crippen molar-refractivity contribution in [3.8, 4) is 0 Å². The zero-order chi connectivity index (χ0) is 8.85. The van der Waals surface area contributed by atoms with Crippen LogP contribution in [-0.4, -0.2) is 18.5 Å². The normalized spacial score (nSPS) is 13.2. The zero-order valence-corrected chi connectivity index (χ0v) is 7.55. The smallest absolute Gasteiger partial charge is 0.220 e. The molecule has 0 aliphatic carbocycles. The van der Waals surface area contributed by atoms with Gasteiger partial charge in [-0.15, -0.1) is 0 Å². The molecule has 0 heterocycles. The standard InChI is InChI=1S/C8H18N2O/c1-6(2)10-8(11)4-7(3)5-9/h6-7H,4-5,9H2,1-3H3,(H,10,11). The molecule has 1 unspecified atom stereocenters. The average molecular weight is 158 g/mol. The van der Waals surface area contributed by atoms with Crippen molar-refractivity contribution in [2.75, 3.05) is 6.54 Å². The van der Waals surface area contributed by atoms with Crippen molar-refractivity contribution in [2.24, 2.45) is 11.7 Å². The molecule has 1 atom stereocenters. The van der Waals surface area contributed by atoms with Crippen LogP contribution in [0, 0.1) is 5.92 Å². The first kappa shape index (κ1) is 10.4. The van der Waals surface area contributed by atoms with Gasteiger partial charge in [0.1, 0.15) is 0 Å². The molecule has 11 heavy (non-hydrogen) atoms. The van der Waals surface area contributed by atoms with E-state index >= 15 is 0 Å². The van der Waals surface area contributed by atoms with E-state index in [0.29, 0.717) is 13.0 Å². The molecule has 0 bridgehead atoms. The lowest BCUT2D eigenvalue weighted by Gasteiger charge is -2.10. The summed E-state index contributed by atoms with van der Waals surface area (Å²) >= 11 is 0. The summed E-state index contributed by atoms with van der Waals surface area (Å²) in [5.74, 6) is 0.381. The Labute approximate surface area is 68.3 Å². The molecule has 0 aliphatic heterocycles. The molecule has 1 amide bonds. The fourth-order valence-corrected chi connectivity index (χ4v) is 0.781. The minimum atomic E-state index is 0.0953.